The van der Waals surface area contributed by atoms with Gasteiger partial charge in [-0.2, -0.15) is 12.1 Å². The van der Waals surface area contributed by atoms with E-state index in [0.717, 1.165) is 55.8 Å². The summed E-state index contributed by atoms with van der Waals surface area (Å²) in [6.45, 7) is 8.81. The SMILES string of the molecule is CC(C)(C)c1ccnc(-n2c3[c-]c(Oc4[c-]c(N5[CH-]N(C6=C(c7ccccc7)C=CN7C=CC(c8ccccc8)=CB67)c6ccccc65)ccc4)ccc3c3ccccc32)c1.[Pt]. The molecule has 0 N–H and O–H groups in total. The molecule has 0 saturated heterocycles. The first kappa shape index (κ1) is 39.3. The van der Waals surface area contributed by atoms with Gasteiger partial charge in [-0.1, -0.05) is 123 Å². The minimum Gasteiger partial charge on any atom is -0.509 e. The van der Waals surface area contributed by atoms with Crippen LogP contribution in [0.25, 0.3) is 38.8 Å². The average Bonchev–Trinajstić information content (AvgIpc) is 3.85. The number of benzene rings is 6. The van der Waals surface area contributed by atoms with Gasteiger partial charge in [-0.25, -0.2) is 4.98 Å². The summed E-state index contributed by atoms with van der Waals surface area (Å²) in [5.41, 5.74) is 12.0. The van der Waals surface area contributed by atoms with Gasteiger partial charge in [0.1, 0.15) is 5.82 Å². The minimum atomic E-state index is -0.0597. The molecule has 0 fully saturated rings. The van der Waals surface area contributed by atoms with E-state index < -0.39 is 0 Å². The van der Waals surface area contributed by atoms with Crippen LogP contribution in [0.5, 0.6) is 11.5 Å². The number of rotatable bonds is 7. The van der Waals surface area contributed by atoms with E-state index in [1.165, 1.54) is 22.3 Å². The zero-order valence-electron chi connectivity index (χ0n) is 34.5. The van der Waals surface area contributed by atoms with Gasteiger partial charge in [0, 0.05) is 55.7 Å². The summed E-state index contributed by atoms with van der Waals surface area (Å²) in [6.07, 6.45) is 10.7. The first-order valence-corrected chi connectivity index (χ1v) is 20.7. The molecule has 0 saturated carbocycles. The molecular formula is C54H41BN5OPt-3. The molecule has 0 aliphatic carbocycles. The van der Waals surface area contributed by atoms with Crippen LogP contribution in [0.2, 0.25) is 0 Å². The maximum Gasteiger partial charge on any atom is 0.335 e. The van der Waals surface area contributed by atoms with Crippen molar-refractivity contribution in [3.63, 3.8) is 0 Å². The minimum absolute atomic E-state index is 0. The maximum atomic E-state index is 6.64. The van der Waals surface area contributed by atoms with E-state index in [1.807, 2.05) is 24.4 Å². The largest absolute Gasteiger partial charge is 0.509 e. The number of allylic oxidation sites excluding steroid dienone is 4. The fourth-order valence-electron chi connectivity index (χ4n) is 8.72. The Morgan fingerprint density at radius 1 is 0.645 bits per heavy atom. The number of ether oxygens (including phenoxy) is 1. The Labute approximate surface area is 377 Å². The third kappa shape index (κ3) is 6.97. The van der Waals surface area contributed by atoms with Gasteiger partial charge in [-0.05, 0) is 99.1 Å². The van der Waals surface area contributed by atoms with Gasteiger partial charge in [0.2, 0.25) is 0 Å². The van der Waals surface area contributed by atoms with E-state index in [4.69, 9.17) is 9.72 Å². The van der Waals surface area contributed by atoms with Crippen molar-refractivity contribution < 1.29 is 25.8 Å². The maximum absolute atomic E-state index is 6.64. The molecule has 0 bridgehead atoms. The van der Waals surface area contributed by atoms with Crippen LogP contribution in [0.4, 0.5) is 17.1 Å². The van der Waals surface area contributed by atoms with E-state index in [-0.39, 0.29) is 33.3 Å². The van der Waals surface area contributed by atoms with Crippen molar-refractivity contribution in [1.82, 2.24) is 14.4 Å². The molecule has 11 rings (SSSR count). The molecule has 5 heterocycles. The van der Waals surface area contributed by atoms with Crippen molar-refractivity contribution in [3.8, 4) is 17.3 Å². The second-order valence-electron chi connectivity index (χ2n) is 16.6. The normalized spacial score (nSPS) is 14.6. The number of fused-ring (bicyclic) bond motifs is 5. The molecule has 3 aliphatic rings. The Hall–Kier alpha value is -6.82. The quantitative estimate of drug-likeness (QED) is 0.117. The van der Waals surface area contributed by atoms with Crippen LogP contribution < -0.4 is 14.5 Å². The van der Waals surface area contributed by atoms with Gasteiger partial charge in [0.25, 0.3) is 0 Å². The Morgan fingerprint density at radius 3 is 2.13 bits per heavy atom. The molecule has 0 amide bonds. The summed E-state index contributed by atoms with van der Waals surface area (Å²) in [5, 5.41) is 2.23. The first-order chi connectivity index (χ1) is 29.9. The van der Waals surface area contributed by atoms with Crippen molar-refractivity contribution in [3.05, 3.63) is 229 Å². The fraction of sp³-hybridized carbons (Fsp3) is 0.0741. The number of anilines is 3. The summed E-state index contributed by atoms with van der Waals surface area (Å²) in [4.78, 5) is 11.7. The summed E-state index contributed by atoms with van der Waals surface area (Å²) in [5.74, 6) is 4.42. The number of nitrogens with zero attached hydrogens (tertiary/aromatic N) is 5. The second-order valence-corrected chi connectivity index (χ2v) is 16.6. The van der Waals surface area contributed by atoms with Crippen molar-refractivity contribution in [1.29, 1.82) is 0 Å². The molecule has 2 aromatic heterocycles. The average molecular weight is 982 g/mol. The Balaban J connectivity index is 0.00000458. The Bertz CT molecular complexity index is 3110. The molecule has 8 heteroatoms. The monoisotopic (exact) mass is 981 g/mol. The molecule has 8 aromatic rings. The van der Waals surface area contributed by atoms with E-state index in [0.29, 0.717) is 11.5 Å². The zero-order valence-corrected chi connectivity index (χ0v) is 36.8. The number of hydrogen-bond acceptors (Lipinski definition) is 5. The van der Waals surface area contributed by atoms with Crippen LogP contribution >= 0.6 is 0 Å². The van der Waals surface area contributed by atoms with Crippen LogP contribution in [-0.4, -0.2) is 21.2 Å². The number of pyridine rings is 1. The summed E-state index contributed by atoms with van der Waals surface area (Å²) >= 11 is 0. The van der Waals surface area contributed by atoms with Gasteiger partial charge in [0.15, 0.2) is 0 Å². The molecule has 0 spiro atoms. The standard InChI is InChI=1S/C54H41BN5O.Pt/c1-54(2,3)41-27-30-56-52(33-41)60-48-22-11-10-21-46(48)47-26-25-44(35-51(47)60)61-43-20-14-19-42(34-43)58-37-59(50-24-13-12-23-49(50)58)53-45(39-17-8-5-9-18-39)29-32-57-31-28-40(36-55(53)57)38-15-6-4-7-16-38;/h4-33,36-37H,1-3H3;/q-3;. The number of para-hydroxylation sites is 3. The summed E-state index contributed by atoms with van der Waals surface area (Å²) < 4.78 is 8.83. The third-order valence-corrected chi connectivity index (χ3v) is 11.8. The zero-order chi connectivity index (χ0) is 41.1. The first-order valence-electron chi connectivity index (χ1n) is 20.7. The summed E-state index contributed by atoms with van der Waals surface area (Å²) in [6, 6.07) is 60.0. The van der Waals surface area contributed by atoms with Crippen molar-refractivity contribution in [2.45, 2.75) is 26.2 Å². The molecular weight excluding hydrogens is 941 g/mol. The molecule has 6 aromatic carbocycles. The summed E-state index contributed by atoms with van der Waals surface area (Å²) in [7, 11) is 0. The third-order valence-electron chi connectivity index (χ3n) is 11.8. The van der Waals surface area contributed by atoms with Gasteiger partial charge >= 0.3 is 6.85 Å². The molecule has 0 unspecified atom stereocenters. The van der Waals surface area contributed by atoms with E-state index >= 15 is 0 Å². The van der Waals surface area contributed by atoms with Gasteiger partial charge < -0.3 is 23.9 Å². The Morgan fingerprint density at radius 2 is 1.34 bits per heavy atom. The van der Waals surface area contributed by atoms with Gasteiger partial charge in [0.05, 0.1) is 0 Å². The molecule has 3 aliphatic heterocycles. The van der Waals surface area contributed by atoms with Crippen LogP contribution in [0.15, 0.2) is 194 Å². The van der Waals surface area contributed by atoms with Crippen LogP contribution in [0.1, 0.15) is 37.5 Å². The molecule has 6 nitrogen and oxygen atoms in total. The Kier molecular flexibility index (Phi) is 10.1. The van der Waals surface area contributed by atoms with Crippen molar-refractivity contribution in [2.24, 2.45) is 0 Å². The fourth-order valence-corrected chi connectivity index (χ4v) is 8.72. The van der Waals surface area contributed by atoms with Crippen molar-refractivity contribution in [2.75, 3.05) is 9.80 Å². The topological polar surface area (TPSA) is 36.8 Å². The smallest absolute Gasteiger partial charge is 0.335 e. The predicted molar refractivity (Wildman–Crippen MR) is 250 cm³/mol. The van der Waals surface area contributed by atoms with E-state index in [1.54, 1.807) is 0 Å². The van der Waals surface area contributed by atoms with Crippen LogP contribution in [0.3, 0.4) is 0 Å². The number of hydrogen-bond donors (Lipinski definition) is 0. The number of aromatic nitrogens is 2. The van der Waals surface area contributed by atoms with Crippen LogP contribution in [0, 0.1) is 18.8 Å². The molecule has 304 valence electrons. The van der Waals surface area contributed by atoms with Gasteiger partial charge in [-0.15, -0.1) is 48.1 Å². The molecule has 0 radical (unpaired) electrons. The van der Waals surface area contributed by atoms with E-state index in [9.17, 15) is 0 Å². The van der Waals surface area contributed by atoms with Crippen molar-refractivity contribution >= 4 is 56.9 Å². The molecule has 62 heavy (non-hydrogen) atoms. The van der Waals surface area contributed by atoms with E-state index in [2.05, 4.69) is 223 Å². The van der Waals surface area contributed by atoms with Crippen LogP contribution in [-0.2, 0) is 26.5 Å². The second kappa shape index (κ2) is 15.9. The molecule has 0 atom stereocenters. The predicted octanol–water partition coefficient (Wildman–Crippen LogP) is 12.9. The van der Waals surface area contributed by atoms with Gasteiger partial charge in [-0.3, -0.25) is 0 Å².